The Morgan fingerprint density at radius 3 is 1.97 bits per heavy atom. The van der Waals surface area contributed by atoms with Crippen LogP contribution in [0.5, 0.6) is 0 Å². The first-order valence-electron chi connectivity index (χ1n) is 8.67. The molecule has 1 aromatic carbocycles. The van der Waals surface area contributed by atoms with Gasteiger partial charge in [0, 0.05) is 18.0 Å². The SMILES string of the molecule is CCNC(O)c1nccnc1C(C)NC(=O)c1cc(C(F)(F)F)cc(C(F)(F)F)c1. The van der Waals surface area contributed by atoms with Gasteiger partial charge >= 0.3 is 12.4 Å². The molecule has 1 heterocycles. The van der Waals surface area contributed by atoms with Crippen LogP contribution in [0.2, 0.25) is 0 Å². The van der Waals surface area contributed by atoms with Gasteiger partial charge in [-0.25, -0.2) is 0 Å². The van der Waals surface area contributed by atoms with Crippen molar-refractivity contribution in [3.63, 3.8) is 0 Å². The fraction of sp³-hybridized carbons (Fsp3) is 0.389. The van der Waals surface area contributed by atoms with E-state index < -0.39 is 47.2 Å². The highest BCUT2D eigenvalue weighted by atomic mass is 19.4. The minimum absolute atomic E-state index is 0.0617. The summed E-state index contributed by atoms with van der Waals surface area (Å²) in [5.41, 5.74) is -3.85. The molecule has 30 heavy (non-hydrogen) atoms. The smallest absolute Gasteiger partial charge is 0.373 e. The summed E-state index contributed by atoms with van der Waals surface area (Å²) in [5.74, 6) is -1.17. The minimum atomic E-state index is -5.07. The van der Waals surface area contributed by atoms with Gasteiger partial charge in [-0.15, -0.1) is 0 Å². The number of nitrogens with zero attached hydrogens (tertiary/aromatic N) is 2. The molecule has 2 atom stereocenters. The first-order chi connectivity index (χ1) is 13.8. The third-order valence-corrected chi connectivity index (χ3v) is 4.02. The lowest BCUT2D eigenvalue weighted by atomic mass is 10.0. The fourth-order valence-electron chi connectivity index (χ4n) is 2.63. The summed E-state index contributed by atoms with van der Waals surface area (Å²) >= 11 is 0. The molecule has 2 rings (SSSR count). The highest BCUT2D eigenvalue weighted by Gasteiger charge is 2.37. The molecule has 0 fully saturated rings. The van der Waals surface area contributed by atoms with Crippen LogP contribution in [0.1, 0.15) is 59.0 Å². The summed E-state index contributed by atoms with van der Waals surface area (Å²) in [7, 11) is 0. The van der Waals surface area contributed by atoms with E-state index in [9.17, 15) is 36.2 Å². The summed E-state index contributed by atoms with van der Waals surface area (Å²) in [4.78, 5) is 20.4. The van der Waals surface area contributed by atoms with Crippen molar-refractivity contribution in [1.29, 1.82) is 0 Å². The average Bonchev–Trinajstić information content (AvgIpc) is 2.66. The van der Waals surface area contributed by atoms with Crippen molar-refractivity contribution >= 4 is 5.91 Å². The van der Waals surface area contributed by atoms with Crippen LogP contribution < -0.4 is 10.6 Å². The van der Waals surface area contributed by atoms with Crippen LogP contribution in [0.4, 0.5) is 26.3 Å². The van der Waals surface area contributed by atoms with Gasteiger partial charge in [0.15, 0.2) is 0 Å². The van der Waals surface area contributed by atoms with E-state index in [1.54, 1.807) is 6.92 Å². The lowest BCUT2D eigenvalue weighted by Crippen LogP contribution is -2.31. The fourth-order valence-corrected chi connectivity index (χ4v) is 2.63. The number of hydrogen-bond acceptors (Lipinski definition) is 5. The molecule has 3 N–H and O–H groups in total. The number of aromatic nitrogens is 2. The molecule has 0 bridgehead atoms. The number of alkyl halides is 6. The van der Waals surface area contributed by atoms with Gasteiger partial charge in [0.05, 0.1) is 22.9 Å². The molecule has 0 saturated heterocycles. The molecule has 0 aliphatic rings. The number of aliphatic hydroxyl groups excluding tert-OH is 1. The van der Waals surface area contributed by atoms with Crippen molar-refractivity contribution in [2.75, 3.05) is 6.54 Å². The standard InChI is InChI=1S/C18H18F6N4O2/c1-3-25-16(30)14-13(26-4-5-27-14)9(2)28-15(29)10-6-11(17(19,20)21)8-12(7-10)18(22,23)24/h4-9,16,25,30H,3H2,1-2H3,(H,28,29). The molecule has 12 heteroatoms. The third-order valence-electron chi connectivity index (χ3n) is 4.02. The Bertz CT molecular complexity index is 869. The Morgan fingerprint density at radius 2 is 1.50 bits per heavy atom. The topological polar surface area (TPSA) is 87.1 Å². The van der Waals surface area contributed by atoms with Crippen LogP contribution in [0.15, 0.2) is 30.6 Å². The summed E-state index contributed by atoms with van der Waals surface area (Å²) in [5, 5.41) is 15.0. The number of aliphatic hydroxyl groups is 1. The van der Waals surface area contributed by atoms with Gasteiger partial charge < -0.3 is 10.4 Å². The summed E-state index contributed by atoms with van der Waals surface area (Å²) in [6.45, 7) is 3.50. The normalized spacial score (nSPS) is 14.3. The van der Waals surface area contributed by atoms with Gasteiger partial charge in [0.2, 0.25) is 0 Å². The number of carbonyl (C=O) groups is 1. The molecule has 1 amide bonds. The summed E-state index contributed by atoms with van der Waals surface area (Å²) < 4.78 is 77.9. The molecule has 1 aromatic heterocycles. The van der Waals surface area contributed by atoms with Crippen molar-refractivity contribution in [3.05, 3.63) is 58.7 Å². The van der Waals surface area contributed by atoms with E-state index in [-0.39, 0.29) is 17.5 Å². The van der Waals surface area contributed by atoms with Gasteiger partial charge in [-0.1, -0.05) is 6.92 Å². The van der Waals surface area contributed by atoms with E-state index in [4.69, 9.17) is 0 Å². The quantitative estimate of drug-likeness (QED) is 0.476. The lowest BCUT2D eigenvalue weighted by Gasteiger charge is -2.20. The van der Waals surface area contributed by atoms with Crippen molar-refractivity contribution in [3.8, 4) is 0 Å². The second-order valence-corrected chi connectivity index (χ2v) is 6.28. The highest BCUT2D eigenvalue weighted by molar-refractivity contribution is 5.95. The van der Waals surface area contributed by atoms with E-state index >= 15 is 0 Å². The lowest BCUT2D eigenvalue weighted by molar-refractivity contribution is -0.143. The monoisotopic (exact) mass is 436 g/mol. The number of nitrogens with one attached hydrogen (secondary N) is 2. The highest BCUT2D eigenvalue weighted by Crippen LogP contribution is 2.36. The largest absolute Gasteiger partial charge is 0.416 e. The Hall–Kier alpha value is -2.73. The number of benzene rings is 1. The maximum atomic E-state index is 13.0. The van der Waals surface area contributed by atoms with Crippen LogP contribution in [0.25, 0.3) is 0 Å². The first kappa shape index (κ1) is 23.5. The second-order valence-electron chi connectivity index (χ2n) is 6.28. The first-order valence-corrected chi connectivity index (χ1v) is 8.67. The average molecular weight is 436 g/mol. The minimum Gasteiger partial charge on any atom is -0.373 e. The molecule has 0 radical (unpaired) electrons. The molecule has 0 aliphatic heterocycles. The van der Waals surface area contributed by atoms with E-state index in [0.29, 0.717) is 18.7 Å². The molecule has 0 spiro atoms. The van der Waals surface area contributed by atoms with E-state index in [0.717, 1.165) is 0 Å². The molecular weight excluding hydrogens is 418 g/mol. The zero-order chi connectivity index (χ0) is 22.7. The number of carbonyl (C=O) groups excluding carboxylic acids is 1. The van der Waals surface area contributed by atoms with Crippen LogP contribution in [-0.2, 0) is 12.4 Å². The number of hydrogen-bond donors (Lipinski definition) is 3. The van der Waals surface area contributed by atoms with Crippen LogP contribution >= 0.6 is 0 Å². The molecule has 164 valence electrons. The van der Waals surface area contributed by atoms with Gasteiger partial charge in [0.1, 0.15) is 11.9 Å². The van der Waals surface area contributed by atoms with Gasteiger partial charge in [-0.3, -0.25) is 20.1 Å². The second kappa shape index (κ2) is 8.96. The van der Waals surface area contributed by atoms with Crippen molar-refractivity contribution in [1.82, 2.24) is 20.6 Å². The molecular formula is C18H18F6N4O2. The van der Waals surface area contributed by atoms with Gasteiger partial charge in [-0.05, 0) is 31.7 Å². The Kier molecular flexibility index (Phi) is 7.03. The molecule has 2 aromatic rings. The zero-order valence-electron chi connectivity index (χ0n) is 15.8. The maximum absolute atomic E-state index is 13.0. The maximum Gasteiger partial charge on any atom is 0.416 e. The molecule has 6 nitrogen and oxygen atoms in total. The van der Waals surface area contributed by atoms with Crippen molar-refractivity contribution < 1.29 is 36.2 Å². The molecule has 0 saturated carbocycles. The predicted molar refractivity (Wildman–Crippen MR) is 93.0 cm³/mol. The Balaban J connectivity index is 2.37. The van der Waals surface area contributed by atoms with Crippen LogP contribution in [0, 0.1) is 0 Å². The summed E-state index contributed by atoms with van der Waals surface area (Å²) in [6.07, 6.45) is -8.82. The molecule has 2 unspecified atom stereocenters. The number of amides is 1. The van der Waals surface area contributed by atoms with Crippen molar-refractivity contribution in [2.24, 2.45) is 0 Å². The van der Waals surface area contributed by atoms with E-state index in [1.807, 2.05) is 0 Å². The molecule has 0 aliphatic carbocycles. The van der Waals surface area contributed by atoms with Crippen LogP contribution in [0.3, 0.4) is 0 Å². The van der Waals surface area contributed by atoms with E-state index in [2.05, 4.69) is 20.6 Å². The van der Waals surface area contributed by atoms with Crippen molar-refractivity contribution in [2.45, 2.75) is 38.5 Å². The van der Waals surface area contributed by atoms with Gasteiger partial charge in [0.25, 0.3) is 5.91 Å². The van der Waals surface area contributed by atoms with Gasteiger partial charge in [-0.2, -0.15) is 26.3 Å². The Labute approximate surface area is 167 Å². The third kappa shape index (κ3) is 5.66. The van der Waals surface area contributed by atoms with Crippen LogP contribution in [-0.4, -0.2) is 27.5 Å². The Morgan fingerprint density at radius 1 is 1.00 bits per heavy atom. The summed E-state index contributed by atoms with van der Waals surface area (Å²) in [6, 6.07) is -0.364. The van der Waals surface area contributed by atoms with E-state index in [1.165, 1.54) is 19.3 Å². The predicted octanol–water partition coefficient (Wildman–Crippen LogP) is 3.61. The zero-order valence-corrected chi connectivity index (χ0v) is 15.8. The number of rotatable bonds is 6. The number of halogens is 6.